The highest BCUT2D eigenvalue weighted by atomic mass is 79.9. The molecule has 3 aromatic rings. The van der Waals surface area contributed by atoms with Crippen LogP contribution in [0.4, 0.5) is 0 Å². The third kappa shape index (κ3) is 5.37. The molecular weight excluding hydrogens is 580 g/mol. The van der Waals surface area contributed by atoms with Crippen LogP contribution in [-0.4, -0.2) is 29.9 Å². The van der Waals surface area contributed by atoms with Gasteiger partial charge in [-0.1, -0.05) is 93.2 Å². The molecule has 1 aliphatic heterocycles. The second-order valence-corrected chi connectivity index (χ2v) is 14.7. The molecule has 5 rings (SSSR count). The maximum atomic E-state index is 7.21. The maximum absolute atomic E-state index is 7.21. The van der Waals surface area contributed by atoms with Gasteiger partial charge in [0.1, 0.15) is 5.75 Å². The van der Waals surface area contributed by atoms with Crippen molar-refractivity contribution in [2.45, 2.75) is 56.9 Å². The lowest BCUT2D eigenvalue weighted by molar-refractivity contribution is 0.197. The van der Waals surface area contributed by atoms with E-state index in [0.29, 0.717) is 12.1 Å². The maximum Gasteiger partial charge on any atom is 0.423 e. The predicted molar refractivity (Wildman–Crippen MR) is 153 cm³/mol. The van der Waals surface area contributed by atoms with Crippen molar-refractivity contribution in [2.24, 2.45) is 0 Å². The molecule has 6 heteroatoms. The van der Waals surface area contributed by atoms with E-state index in [-0.39, 0.29) is 0 Å². The number of hydrogen-bond acceptors (Lipinski definition) is 3. The van der Waals surface area contributed by atoms with E-state index < -0.39 is 8.64 Å². The van der Waals surface area contributed by atoms with Crippen LogP contribution in [0, 0.1) is 0 Å². The molecule has 35 heavy (non-hydrogen) atoms. The summed E-state index contributed by atoms with van der Waals surface area (Å²) in [6, 6.07) is 29.9. The fourth-order valence-electron chi connectivity index (χ4n) is 5.82. The summed E-state index contributed by atoms with van der Waals surface area (Å²) in [5.41, 5.74) is 2.67. The Labute approximate surface area is 227 Å². The van der Waals surface area contributed by atoms with E-state index in [2.05, 4.69) is 133 Å². The highest BCUT2D eigenvalue weighted by Gasteiger charge is 2.62. The van der Waals surface area contributed by atoms with Crippen molar-refractivity contribution >= 4 is 40.5 Å². The first kappa shape index (κ1) is 25.0. The zero-order chi connectivity index (χ0) is 24.3. The molecule has 182 valence electrons. The fourth-order valence-corrected chi connectivity index (χ4v) is 10.8. The SMILES string of the molecule is C=CC[Si]1(Oc2ccccc2)N(Cc2ccc(Br)cc2)[C@H]2CCCC[C@@H]2N1Cc1ccc(Br)cc1. The Morgan fingerprint density at radius 2 is 1.26 bits per heavy atom. The van der Waals surface area contributed by atoms with Crippen LogP contribution in [0.2, 0.25) is 6.04 Å². The van der Waals surface area contributed by atoms with Gasteiger partial charge in [-0.05, 0) is 60.4 Å². The number of halogens is 2. The minimum atomic E-state index is -2.63. The Balaban J connectivity index is 1.60. The second-order valence-electron chi connectivity index (χ2n) is 9.58. The third-order valence-corrected chi connectivity index (χ3v) is 12.6. The van der Waals surface area contributed by atoms with Gasteiger partial charge in [0, 0.05) is 40.2 Å². The van der Waals surface area contributed by atoms with Crippen molar-refractivity contribution in [1.82, 2.24) is 9.13 Å². The van der Waals surface area contributed by atoms with Crippen molar-refractivity contribution < 1.29 is 4.43 Å². The van der Waals surface area contributed by atoms with Crippen LogP contribution in [0.5, 0.6) is 5.75 Å². The summed E-state index contributed by atoms with van der Waals surface area (Å²) in [4.78, 5) is 0. The lowest BCUT2D eigenvalue weighted by Gasteiger charge is -2.41. The van der Waals surface area contributed by atoms with Crippen molar-refractivity contribution in [3.8, 4) is 5.75 Å². The number of fused-ring (bicyclic) bond motifs is 1. The molecule has 1 saturated heterocycles. The van der Waals surface area contributed by atoms with Gasteiger partial charge in [0.2, 0.25) is 0 Å². The van der Waals surface area contributed by atoms with Crippen LogP contribution in [0.1, 0.15) is 36.8 Å². The molecule has 1 aliphatic carbocycles. The number of nitrogens with zero attached hydrogens (tertiary/aromatic N) is 2. The Hall–Kier alpha value is -1.70. The molecular formula is C29H32Br2N2OSi. The zero-order valence-electron chi connectivity index (χ0n) is 20.0. The van der Waals surface area contributed by atoms with Gasteiger partial charge in [-0.15, -0.1) is 6.58 Å². The molecule has 3 nitrogen and oxygen atoms in total. The highest BCUT2D eigenvalue weighted by Crippen LogP contribution is 2.44. The smallest absolute Gasteiger partial charge is 0.423 e. The lowest BCUT2D eigenvalue weighted by Crippen LogP contribution is -2.64. The number of benzene rings is 3. The molecule has 0 spiro atoms. The fraction of sp³-hybridized carbons (Fsp3) is 0.310. The predicted octanol–water partition coefficient (Wildman–Crippen LogP) is 8.04. The molecule has 0 unspecified atom stereocenters. The van der Waals surface area contributed by atoms with E-state index in [0.717, 1.165) is 33.8 Å². The van der Waals surface area contributed by atoms with Crippen molar-refractivity contribution in [1.29, 1.82) is 0 Å². The summed E-state index contributed by atoms with van der Waals surface area (Å²) in [6.45, 7) is 6.03. The number of allylic oxidation sites excluding steroid dienone is 1. The Kier molecular flexibility index (Phi) is 7.94. The van der Waals surface area contributed by atoms with Gasteiger partial charge in [0.15, 0.2) is 0 Å². The second kappa shape index (κ2) is 11.1. The molecule has 0 radical (unpaired) electrons. The van der Waals surface area contributed by atoms with Crippen LogP contribution in [0.25, 0.3) is 0 Å². The molecule has 2 atom stereocenters. The summed E-state index contributed by atoms with van der Waals surface area (Å²) in [6.07, 6.45) is 7.11. The van der Waals surface area contributed by atoms with Gasteiger partial charge in [-0.25, -0.2) is 0 Å². The summed E-state index contributed by atoms with van der Waals surface area (Å²) in [7, 11) is -2.63. The molecule has 1 saturated carbocycles. The molecule has 3 aromatic carbocycles. The van der Waals surface area contributed by atoms with E-state index in [9.17, 15) is 0 Å². The minimum absolute atomic E-state index is 0.498. The first-order valence-electron chi connectivity index (χ1n) is 12.5. The van der Waals surface area contributed by atoms with E-state index >= 15 is 0 Å². The van der Waals surface area contributed by atoms with Crippen molar-refractivity contribution in [2.75, 3.05) is 0 Å². The van der Waals surface area contributed by atoms with Gasteiger partial charge < -0.3 is 4.43 Å². The number of rotatable bonds is 8. The van der Waals surface area contributed by atoms with E-state index in [1.54, 1.807) is 0 Å². The normalized spacial score (nSPS) is 22.0. The highest BCUT2D eigenvalue weighted by molar-refractivity contribution is 9.10. The number of para-hydroxylation sites is 1. The van der Waals surface area contributed by atoms with Crippen LogP contribution >= 0.6 is 31.9 Å². The summed E-state index contributed by atoms with van der Waals surface area (Å²) >= 11 is 7.20. The Bertz CT molecular complexity index is 1060. The number of hydrogen-bond donors (Lipinski definition) is 0. The molecule has 0 N–H and O–H groups in total. The van der Waals surface area contributed by atoms with E-state index in [4.69, 9.17) is 4.43 Å². The third-order valence-electron chi connectivity index (χ3n) is 7.36. The van der Waals surface area contributed by atoms with Crippen molar-refractivity contribution in [3.05, 3.63) is 112 Å². The van der Waals surface area contributed by atoms with Gasteiger partial charge >= 0.3 is 8.64 Å². The van der Waals surface area contributed by atoms with Crippen LogP contribution < -0.4 is 4.43 Å². The van der Waals surface area contributed by atoms with E-state index in [1.165, 1.54) is 36.8 Å². The monoisotopic (exact) mass is 610 g/mol. The Morgan fingerprint density at radius 3 is 1.71 bits per heavy atom. The summed E-state index contributed by atoms with van der Waals surface area (Å²) < 4.78 is 15.0. The lowest BCUT2D eigenvalue weighted by atomic mass is 9.90. The largest absolute Gasteiger partial charge is 0.517 e. The topological polar surface area (TPSA) is 15.7 Å². The standard InChI is InChI=1S/C29H32Br2N2OSi/c1-2-20-35(34-27-8-4-3-5-9-27)32(21-23-12-16-25(30)17-13-23)28-10-6-7-11-29(28)33(35)22-24-14-18-26(31)19-15-24/h2-5,8-9,12-19,28-29H,1,6-7,10-11,20-22H2/t28-,29-/m0/s1. The Morgan fingerprint density at radius 1 is 0.771 bits per heavy atom. The molecule has 0 aromatic heterocycles. The molecule has 0 amide bonds. The van der Waals surface area contributed by atoms with Gasteiger partial charge in [-0.3, -0.25) is 9.13 Å². The summed E-state index contributed by atoms with van der Waals surface area (Å²) in [5, 5.41) is 0. The zero-order valence-corrected chi connectivity index (χ0v) is 24.1. The summed E-state index contributed by atoms with van der Waals surface area (Å²) in [5.74, 6) is 0.960. The van der Waals surface area contributed by atoms with Gasteiger partial charge in [0.25, 0.3) is 0 Å². The average Bonchev–Trinajstić information content (AvgIpc) is 3.11. The van der Waals surface area contributed by atoms with E-state index in [1.807, 2.05) is 0 Å². The van der Waals surface area contributed by atoms with Gasteiger partial charge in [-0.2, -0.15) is 0 Å². The molecule has 2 fully saturated rings. The van der Waals surface area contributed by atoms with Crippen LogP contribution in [0.3, 0.4) is 0 Å². The molecule has 2 aliphatic rings. The molecule has 0 bridgehead atoms. The van der Waals surface area contributed by atoms with Crippen LogP contribution in [0.15, 0.2) is 100 Å². The quantitative estimate of drug-likeness (QED) is 0.189. The minimum Gasteiger partial charge on any atom is -0.517 e. The van der Waals surface area contributed by atoms with Crippen LogP contribution in [-0.2, 0) is 13.1 Å². The molecule has 1 heterocycles. The van der Waals surface area contributed by atoms with Crippen molar-refractivity contribution in [3.63, 3.8) is 0 Å². The first-order valence-corrected chi connectivity index (χ1v) is 16.1. The average molecular weight is 612 g/mol. The van der Waals surface area contributed by atoms with Gasteiger partial charge in [0.05, 0.1) is 0 Å². The first-order chi connectivity index (χ1) is 17.1.